The largest absolute Gasteiger partial charge is 0.326 e. The van der Waals surface area contributed by atoms with Crippen LogP contribution in [0.1, 0.15) is 29.5 Å². The number of anilines is 1. The molecule has 0 aromatic heterocycles. The van der Waals surface area contributed by atoms with E-state index in [0.717, 1.165) is 22.4 Å². The molecule has 0 aliphatic rings. The summed E-state index contributed by atoms with van der Waals surface area (Å²) in [4.78, 5) is 23.6. The first-order valence-electron chi connectivity index (χ1n) is 7.78. The second-order valence-corrected chi connectivity index (χ2v) is 5.57. The summed E-state index contributed by atoms with van der Waals surface area (Å²) in [5, 5.41) is 6.69. The zero-order chi connectivity index (χ0) is 17.4. The molecule has 2 rings (SSSR count). The Labute approximate surface area is 141 Å². The molecule has 0 heterocycles. The molecule has 2 aromatic carbocycles. The van der Waals surface area contributed by atoms with Crippen molar-refractivity contribution in [3.05, 3.63) is 65.2 Å². The summed E-state index contributed by atoms with van der Waals surface area (Å²) in [5.74, 6) is -0.484. The van der Waals surface area contributed by atoms with E-state index in [1.807, 2.05) is 62.4 Å². The standard InChI is InChI=1S/C19H21N3O2/c1-14-8-9-17(15(2)12-14)21-18(23)10-11-19(24)22-20-13-16-6-4-3-5-7-16/h3-9,12-13H,10-11H2,1-2H3,(H,21,23)(H,22,24)/b20-13-. The van der Waals surface area contributed by atoms with E-state index >= 15 is 0 Å². The number of nitrogens with one attached hydrogen (secondary N) is 2. The molecule has 24 heavy (non-hydrogen) atoms. The maximum absolute atomic E-state index is 11.9. The molecule has 0 saturated heterocycles. The summed E-state index contributed by atoms with van der Waals surface area (Å²) in [7, 11) is 0. The van der Waals surface area contributed by atoms with E-state index in [-0.39, 0.29) is 24.7 Å². The predicted molar refractivity (Wildman–Crippen MR) is 96.0 cm³/mol. The molecular weight excluding hydrogens is 302 g/mol. The van der Waals surface area contributed by atoms with E-state index in [1.54, 1.807) is 6.21 Å². The van der Waals surface area contributed by atoms with Crippen LogP contribution in [0, 0.1) is 13.8 Å². The molecule has 0 aliphatic carbocycles. The van der Waals surface area contributed by atoms with Gasteiger partial charge in [-0.3, -0.25) is 9.59 Å². The van der Waals surface area contributed by atoms with Gasteiger partial charge in [0.2, 0.25) is 11.8 Å². The second-order valence-electron chi connectivity index (χ2n) is 5.57. The summed E-state index contributed by atoms with van der Waals surface area (Å²) >= 11 is 0. The minimum Gasteiger partial charge on any atom is -0.326 e. The Kier molecular flexibility index (Phi) is 6.25. The number of carbonyl (C=O) groups excluding carboxylic acids is 2. The second kappa shape index (κ2) is 8.62. The first-order valence-corrected chi connectivity index (χ1v) is 7.78. The quantitative estimate of drug-likeness (QED) is 0.633. The molecule has 2 N–H and O–H groups in total. The van der Waals surface area contributed by atoms with Gasteiger partial charge in [-0.05, 0) is 31.0 Å². The molecule has 124 valence electrons. The van der Waals surface area contributed by atoms with Crippen molar-refractivity contribution in [2.45, 2.75) is 26.7 Å². The fourth-order valence-corrected chi connectivity index (χ4v) is 2.17. The van der Waals surface area contributed by atoms with Gasteiger partial charge in [-0.15, -0.1) is 0 Å². The monoisotopic (exact) mass is 323 g/mol. The van der Waals surface area contributed by atoms with E-state index in [0.29, 0.717) is 0 Å². The van der Waals surface area contributed by atoms with Crippen LogP contribution >= 0.6 is 0 Å². The minimum atomic E-state index is -0.294. The van der Waals surface area contributed by atoms with Gasteiger partial charge in [-0.2, -0.15) is 5.10 Å². The van der Waals surface area contributed by atoms with Crippen LogP contribution in [0.15, 0.2) is 53.6 Å². The van der Waals surface area contributed by atoms with Gasteiger partial charge in [-0.25, -0.2) is 5.43 Å². The first kappa shape index (κ1) is 17.4. The molecule has 0 atom stereocenters. The number of amides is 2. The normalized spacial score (nSPS) is 10.6. The predicted octanol–water partition coefficient (Wildman–Crippen LogP) is 3.17. The number of hydrogen-bond acceptors (Lipinski definition) is 3. The molecule has 5 nitrogen and oxygen atoms in total. The zero-order valence-corrected chi connectivity index (χ0v) is 13.9. The molecule has 0 aliphatic heterocycles. The van der Waals surface area contributed by atoms with E-state index in [9.17, 15) is 9.59 Å². The van der Waals surface area contributed by atoms with Crippen LogP contribution in [0.2, 0.25) is 0 Å². The maximum Gasteiger partial charge on any atom is 0.240 e. The van der Waals surface area contributed by atoms with Crippen molar-refractivity contribution in [2.75, 3.05) is 5.32 Å². The molecule has 0 spiro atoms. The summed E-state index contributed by atoms with van der Waals surface area (Å²) < 4.78 is 0. The fourth-order valence-electron chi connectivity index (χ4n) is 2.17. The van der Waals surface area contributed by atoms with Gasteiger partial charge in [-0.1, -0.05) is 48.0 Å². The highest BCUT2D eigenvalue weighted by molar-refractivity contribution is 5.94. The molecule has 0 radical (unpaired) electrons. The lowest BCUT2D eigenvalue weighted by atomic mass is 10.1. The Morgan fingerprint density at radius 1 is 1.00 bits per heavy atom. The molecule has 5 heteroatoms. The summed E-state index contributed by atoms with van der Waals surface area (Å²) in [6.45, 7) is 3.94. The lowest BCUT2D eigenvalue weighted by Gasteiger charge is -2.08. The Morgan fingerprint density at radius 3 is 2.42 bits per heavy atom. The van der Waals surface area contributed by atoms with Gasteiger partial charge in [0.15, 0.2) is 0 Å². The van der Waals surface area contributed by atoms with Crippen LogP contribution in [0.5, 0.6) is 0 Å². The Hall–Kier alpha value is -2.95. The number of hydrogen-bond donors (Lipinski definition) is 2. The molecule has 0 saturated carbocycles. The number of carbonyl (C=O) groups is 2. The average molecular weight is 323 g/mol. The molecule has 0 bridgehead atoms. The summed E-state index contributed by atoms with van der Waals surface area (Å²) in [6, 6.07) is 15.3. The number of aryl methyl sites for hydroxylation is 2. The van der Waals surface area contributed by atoms with E-state index in [1.165, 1.54) is 0 Å². The lowest BCUT2D eigenvalue weighted by Crippen LogP contribution is -2.20. The average Bonchev–Trinajstić information content (AvgIpc) is 2.56. The van der Waals surface area contributed by atoms with Crippen LogP contribution in [0.25, 0.3) is 0 Å². The third-order valence-electron chi connectivity index (χ3n) is 3.44. The topological polar surface area (TPSA) is 70.6 Å². The minimum absolute atomic E-state index is 0.0862. The molecule has 2 aromatic rings. The third kappa shape index (κ3) is 5.68. The highest BCUT2D eigenvalue weighted by atomic mass is 16.2. The summed E-state index contributed by atoms with van der Waals surface area (Å²) in [5.41, 5.74) is 6.23. The van der Waals surface area contributed by atoms with Gasteiger partial charge in [0.1, 0.15) is 0 Å². The highest BCUT2D eigenvalue weighted by Crippen LogP contribution is 2.16. The number of benzene rings is 2. The maximum atomic E-state index is 11.9. The van der Waals surface area contributed by atoms with Crippen LogP contribution in [0.4, 0.5) is 5.69 Å². The van der Waals surface area contributed by atoms with E-state index < -0.39 is 0 Å². The third-order valence-corrected chi connectivity index (χ3v) is 3.44. The van der Waals surface area contributed by atoms with Gasteiger partial charge in [0.25, 0.3) is 0 Å². The van der Waals surface area contributed by atoms with Gasteiger partial charge < -0.3 is 5.32 Å². The molecule has 2 amide bonds. The van der Waals surface area contributed by atoms with Crippen molar-refractivity contribution in [3.63, 3.8) is 0 Å². The highest BCUT2D eigenvalue weighted by Gasteiger charge is 2.08. The summed E-state index contributed by atoms with van der Waals surface area (Å²) in [6.07, 6.45) is 1.76. The number of rotatable bonds is 6. The lowest BCUT2D eigenvalue weighted by molar-refractivity contribution is -0.124. The fraction of sp³-hybridized carbons (Fsp3) is 0.211. The van der Waals surface area contributed by atoms with Gasteiger partial charge in [0.05, 0.1) is 6.21 Å². The Morgan fingerprint density at radius 2 is 1.71 bits per heavy atom. The molecule has 0 unspecified atom stereocenters. The first-order chi connectivity index (χ1) is 11.5. The van der Waals surface area contributed by atoms with Crippen LogP contribution in [-0.2, 0) is 9.59 Å². The van der Waals surface area contributed by atoms with Gasteiger partial charge in [0, 0.05) is 18.5 Å². The van der Waals surface area contributed by atoms with Crippen molar-refractivity contribution in [1.29, 1.82) is 0 Å². The van der Waals surface area contributed by atoms with Crippen LogP contribution in [-0.4, -0.2) is 18.0 Å². The van der Waals surface area contributed by atoms with Gasteiger partial charge >= 0.3 is 0 Å². The van der Waals surface area contributed by atoms with Crippen LogP contribution in [0.3, 0.4) is 0 Å². The Balaban J connectivity index is 1.75. The van der Waals surface area contributed by atoms with Crippen molar-refractivity contribution >= 4 is 23.7 Å². The van der Waals surface area contributed by atoms with Crippen LogP contribution < -0.4 is 10.7 Å². The Bertz CT molecular complexity index is 740. The SMILES string of the molecule is Cc1ccc(NC(=O)CCC(=O)N/N=C\c2ccccc2)c(C)c1. The van der Waals surface area contributed by atoms with Crippen molar-refractivity contribution in [1.82, 2.24) is 5.43 Å². The smallest absolute Gasteiger partial charge is 0.240 e. The van der Waals surface area contributed by atoms with Crippen molar-refractivity contribution < 1.29 is 9.59 Å². The van der Waals surface area contributed by atoms with E-state index in [4.69, 9.17) is 0 Å². The molecular formula is C19H21N3O2. The van der Waals surface area contributed by atoms with Crippen molar-refractivity contribution in [3.8, 4) is 0 Å². The number of hydrazone groups is 1. The van der Waals surface area contributed by atoms with Crippen molar-refractivity contribution in [2.24, 2.45) is 5.10 Å². The van der Waals surface area contributed by atoms with E-state index in [2.05, 4.69) is 15.8 Å². The molecule has 0 fully saturated rings. The number of nitrogens with zero attached hydrogens (tertiary/aromatic N) is 1. The zero-order valence-electron chi connectivity index (χ0n) is 13.9.